The second-order valence-electron chi connectivity index (χ2n) is 3.05. The van der Waals surface area contributed by atoms with E-state index in [1.54, 1.807) is 24.3 Å². The van der Waals surface area contributed by atoms with Gasteiger partial charge in [-0.15, -0.1) is 0 Å². The van der Waals surface area contributed by atoms with Gasteiger partial charge in [0.15, 0.2) is 0 Å². The summed E-state index contributed by atoms with van der Waals surface area (Å²) in [4.78, 5) is 15.9. The highest BCUT2D eigenvalue weighted by Gasteiger charge is 1.94. The molecule has 70 valence electrons. The first-order chi connectivity index (χ1) is 6.33. The Morgan fingerprint density at radius 3 is 2.77 bits per heavy atom. The van der Waals surface area contributed by atoms with Gasteiger partial charge in [0.05, 0.1) is 0 Å². The van der Waals surface area contributed by atoms with E-state index in [1.807, 2.05) is 12.1 Å². The molecule has 0 fully saturated rings. The van der Waals surface area contributed by atoms with Crippen LogP contribution in [0.15, 0.2) is 24.5 Å². The summed E-state index contributed by atoms with van der Waals surface area (Å²) in [5.74, 6) is 0. The molecule has 0 aliphatic rings. The lowest BCUT2D eigenvalue weighted by molar-refractivity contribution is -0.117. The van der Waals surface area contributed by atoms with Crippen LogP contribution in [0, 0.1) is 0 Å². The predicted octanol–water partition coefficient (Wildman–Crippen LogP) is 1.10. The van der Waals surface area contributed by atoms with Gasteiger partial charge in [0.1, 0.15) is 0 Å². The van der Waals surface area contributed by atoms with Crippen LogP contribution >= 0.6 is 0 Å². The third-order valence-corrected chi connectivity index (χ3v) is 1.91. The van der Waals surface area contributed by atoms with E-state index in [0.29, 0.717) is 0 Å². The maximum absolute atomic E-state index is 10.3. The lowest BCUT2D eigenvalue weighted by Crippen LogP contribution is -2.17. The van der Waals surface area contributed by atoms with Crippen LogP contribution in [0.5, 0.6) is 0 Å². The van der Waals surface area contributed by atoms with Crippen LogP contribution in [-0.4, -0.2) is 29.9 Å². The molecule has 1 aromatic rings. The molecular weight excluding hydrogens is 164 g/mol. The van der Waals surface area contributed by atoms with Gasteiger partial charge < -0.3 is 4.90 Å². The summed E-state index contributed by atoms with van der Waals surface area (Å²) in [6, 6.07) is 4.00. The zero-order valence-corrected chi connectivity index (χ0v) is 7.81. The van der Waals surface area contributed by atoms with E-state index in [1.165, 1.54) is 5.56 Å². The van der Waals surface area contributed by atoms with Crippen molar-refractivity contribution < 1.29 is 4.79 Å². The zero-order valence-electron chi connectivity index (χ0n) is 7.81. The van der Waals surface area contributed by atoms with Gasteiger partial charge in [0.25, 0.3) is 0 Å². The van der Waals surface area contributed by atoms with Crippen LogP contribution in [0.2, 0.25) is 0 Å². The quantitative estimate of drug-likeness (QED) is 0.633. The minimum Gasteiger partial charge on any atom is -0.348 e. The van der Waals surface area contributed by atoms with Gasteiger partial charge in [-0.05, 0) is 30.5 Å². The zero-order chi connectivity index (χ0) is 9.52. The lowest BCUT2D eigenvalue weighted by Gasteiger charge is -2.09. The number of rotatable bonds is 5. The molecule has 0 unspecified atom stereocenters. The van der Waals surface area contributed by atoms with Crippen molar-refractivity contribution in [1.82, 2.24) is 9.88 Å². The summed E-state index contributed by atoms with van der Waals surface area (Å²) in [7, 11) is 1.79. The molecule has 0 N–H and O–H groups in total. The van der Waals surface area contributed by atoms with Crippen molar-refractivity contribution in [2.24, 2.45) is 0 Å². The molecule has 3 nitrogen and oxygen atoms in total. The third-order valence-electron chi connectivity index (χ3n) is 1.91. The molecule has 3 heteroatoms. The number of aromatic nitrogens is 1. The molecule has 1 rings (SSSR count). The Morgan fingerprint density at radius 1 is 1.46 bits per heavy atom. The largest absolute Gasteiger partial charge is 0.348 e. The molecule has 0 saturated carbocycles. The SMILES string of the molecule is CN(C=O)CCCc1ccncc1. The second kappa shape index (κ2) is 5.30. The highest BCUT2D eigenvalue weighted by Crippen LogP contribution is 2.00. The summed E-state index contributed by atoms with van der Waals surface area (Å²) in [6.45, 7) is 0.811. The average Bonchev–Trinajstić information content (AvgIpc) is 2.19. The molecular formula is C10H14N2O. The van der Waals surface area contributed by atoms with Crippen molar-refractivity contribution in [2.75, 3.05) is 13.6 Å². The maximum Gasteiger partial charge on any atom is 0.209 e. The normalized spacial score (nSPS) is 9.62. The molecule has 1 amide bonds. The molecule has 0 saturated heterocycles. The van der Waals surface area contributed by atoms with Gasteiger partial charge >= 0.3 is 0 Å². The molecule has 0 spiro atoms. The average molecular weight is 178 g/mol. The first-order valence-corrected chi connectivity index (χ1v) is 4.37. The van der Waals surface area contributed by atoms with Crippen molar-refractivity contribution in [3.05, 3.63) is 30.1 Å². The van der Waals surface area contributed by atoms with Crippen molar-refractivity contribution in [3.8, 4) is 0 Å². The van der Waals surface area contributed by atoms with Gasteiger partial charge in [-0.3, -0.25) is 9.78 Å². The number of carbonyl (C=O) groups excluding carboxylic acids is 1. The minimum absolute atomic E-state index is 0.811. The molecule has 0 aliphatic carbocycles. The summed E-state index contributed by atoms with van der Waals surface area (Å²) < 4.78 is 0. The number of hydrogen-bond acceptors (Lipinski definition) is 2. The van der Waals surface area contributed by atoms with E-state index >= 15 is 0 Å². The number of nitrogens with zero attached hydrogens (tertiary/aromatic N) is 2. The smallest absolute Gasteiger partial charge is 0.209 e. The van der Waals surface area contributed by atoms with Gasteiger partial charge in [0.2, 0.25) is 6.41 Å². The van der Waals surface area contributed by atoms with E-state index in [4.69, 9.17) is 0 Å². The van der Waals surface area contributed by atoms with Crippen LogP contribution in [0.1, 0.15) is 12.0 Å². The molecule has 1 aromatic heterocycles. The lowest BCUT2D eigenvalue weighted by atomic mass is 10.1. The Morgan fingerprint density at radius 2 is 2.15 bits per heavy atom. The van der Waals surface area contributed by atoms with Crippen molar-refractivity contribution in [1.29, 1.82) is 0 Å². The molecule has 0 radical (unpaired) electrons. The van der Waals surface area contributed by atoms with Crippen molar-refractivity contribution in [3.63, 3.8) is 0 Å². The highest BCUT2D eigenvalue weighted by atomic mass is 16.1. The Kier molecular flexibility index (Phi) is 3.96. The third kappa shape index (κ3) is 3.69. The number of carbonyl (C=O) groups is 1. The van der Waals surface area contributed by atoms with Crippen LogP contribution in [-0.2, 0) is 11.2 Å². The standard InChI is InChI=1S/C10H14N2O/c1-12(9-13)8-2-3-10-4-6-11-7-5-10/h4-7,9H,2-3,8H2,1H3. The maximum atomic E-state index is 10.3. The van der Waals surface area contributed by atoms with Crippen LogP contribution in [0.3, 0.4) is 0 Å². The molecule has 1 heterocycles. The Bertz CT molecular complexity index is 248. The summed E-state index contributed by atoms with van der Waals surface area (Å²) in [6.07, 6.45) is 6.43. The first-order valence-electron chi connectivity index (χ1n) is 4.37. The van der Waals surface area contributed by atoms with E-state index in [0.717, 1.165) is 25.8 Å². The molecule has 0 atom stereocenters. The monoisotopic (exact) mass is 178 g/mol. The van der Waals surface area contributed by atoms with Gasteiger partial charge in [-0.25, -0.2) is 0 Å². The Balaban J connectivity index is 2.24. The number of pyridine rings is 1. The molecule has 0 aromatic carbocycles. The first kappa shape index (κ1) is 9.71. The number of amides is 1. The van der Waals surface area contributed by atoms with E-state index < -0.39 is 0 Å². The minimum atomic E-state index is 0.811. The summed E-state index contributed by atoms with van der Waals surface area (Å²) in [5.41, 5.74) is 1.27. The molecule has 13 heavy (non-hydrogen) atoms. The predicted molar refractivity (Wildman–Crippen MR) is 51.3 cm³/mol. The van der Waals surface area contributed by atoms with Crippen molar-refractivity contribution >= 4 is 6.41 Å². The summed E-state index contributed by atoms with van der Waals surface area (Å²) >= 11 is 0. The van der Waals surface area contributed by atoms with Gasteiger partial charge in [-0.1, -0.05) is 0 Å². The Labute approximate surface area is 78.4 Å². The summed E-state index contributed by atoms with van der Waals surface area (Å²) in [5, 5.41) is 0. The van der Waals surface area contributed by atoms with Gasteiger partial charge in [0, 0.05) is 26.0 Å². The van der Waals surface area contributed by atoms with E-state index in [9.17, 15) is 4.79 Å². The van der Waals surface area contributed by atoms with E-state index in [2.05, 4.69) is 4.98 Å². The van der Waals surface area contributed by atoms with Crippen LogP contribution in [0.4, 0.5) is 0 Å². The fourth-order valence-electron chi connectivity index (χ4n) is 1.13. The van der Waals surface area contributed by atoms with Crippen LogP contribution < -0.4 is 0 Å². The van der Waals surface area contributed by atoms with Crippen LogP contribution in [0.25, 0.3) is 0 Å². The Hall–Kier alpha value is -1.38. The molecule has 0 aliphatic heterocycles. The highest BCUT2D eigenvalue weighted by molar-refractivity contribution is 5.46. The second-order valence-corrected chi connectivity index (χ2v) is 3.05. The van der Waals surface area contributed by atoms with E-state index in [-0.39, 0.29) is 0 Å². The topological polar surface area (TPSA) is 33.2 Å². The fraction of sp³-hybridized carbons (Fsp3) is 0.400. The van der Waals surface area contributed by atoms with Gasteiger partial charge in [-0.2, -0.15) is 0 Å². The number of hydrogen-bond donors (Lipinski definition) is 0. The fourth-order valence-corrected chi connectivity index (χ4v) is 1.13. The number of aryl methyl sites for hydroxylation is 1. The van der Waals surface area contributed by atoms with Crippen molar-refractivity contribution in [2.45, 2.75) is 12.8 Å². The molecule has 0 bridgehead atoms.